The van der Waals surface area contributed by atoms with Gasteiger partial charge in [-0.25, -0.2) is 4.57 Å². The average Bonchev–Trinajstić information content (AvgIpc) is 2.37. The second kappa shape index (κ2) is 6.61. The van der Waals surface area contributed by atoms with Gasteiger partial charge in [0.2, 0.25) is 11.8 Å². The molecule has 0 aliphatic heterocycles. The number of nitrogens with zero attached hydrogens (tertiary/aromatic N) is 2. The topological polar surface area (TPSA) is 70.5 Å². The lowest BCUT2D eigenvalue weighted by atomic mass is 9.96. The highest BCUT2D eigenvalue weighted by Crippen LogP contribution is 2.46. The van der Waals surface area contributed by atoms with E-state index in [-0.39, 0.29) is 17.5 Å². The van der Waals surface area contributed by atoms with Gasteiger partial charge in [0.1, 0.15) is 5.82 Å². The Balaban J connectivity index is 3.18. The van der Waals surface area contributed by atoms with Gasteiger partial charge in [-0.1, -0.05) is 33.0 Å². The minimum atomic E-state index is -3.33. The van der Waals surface area contributed by atoms with Gasteiger partial charge in [-0.2, -0.15) is 9.97 Å². The summed E-state index contributed by atoms with van der Waals surface area (Å²) >= 11 is 4.70. The van der Waals surface area contributed by atoms with Gasteiger partial charge < -0.3 is 13.8 Å². The van der Waals surface area contributed by atoms with Crippen molar-refractivity contribution in [1.82, 2.24) is 9.97 Å². The van der Waals surface area contributed by atoms with Crippen LogP contribution in [0.3, 0.4) is 0 Å². The van der Waals surface area contributed by atoms with Crippen molar-refractivity contribution in [2.45, 2.75) is 26.2 Å². The largest absolute Gasteiger partial charge is 0.481 e. The summed E-state index contributed by atoms with van der Waals surface area (Å²) in [5, 5.41) is 1.31. The Labute approximate surface area is 124 Å². The van der Waals surface area contributed by atoms with Crippen LogP contribution in [0.1, 0.15) is 26.6 Å². The molecule has 8 heteroatoms. The number of aromatic nitrogens is 2. The first kappa shape index (κ1) is 17.0. The Kier molecular flexibility index (Phi) is 5.62. The zero-order valence-electron chi connectivity index (χ0n) is 12.2. The van der Waals surface area contributed by atoms with Crippen LogP contribution in [0.5, 0.6) is 11.8 Å². The van der Waals surface area contributed by atoms with Gasteiger partial charge in [-0.15, -0.1) is 0 Å². The van der Waals surface area contributed by atoms with Crippen molar-refractivity contribution in [1.29, 1.82) is 0 Å². The number of hydrogen-bond acceptors (Lipinski definition) is 7. The summed E-state index contributed by atoms with van der Waals surface area (Å²) in [7, 11) is -0.530. The summed E-state index contributed by atoms with van der Waals surface area (Å²) < 4.78 is 27.7. The molecule has 0 bridgehead atoms. The molecular weight excluding hydrogens is 299 g/mol. The molecule has 0 N–H and O–H groups in total. The predicted octanol–water partition coefficient (Wildman–Crippen LogP) is 3.00. The number of ether oxygens (including phenoxy) is 1. The third-order valence-electron chi connectivity index (χ3n) is 2.37. The number of rotatable bonds is 6. The van der Waals surface area contributed by atoms with E-state index in [4.69, 9.17) is 26.0 Å². The fourth-order valence-electron chi connectivity index (χ4n) is 1.27. The van der Waals surface area contributed by atoms with E-state index in [2.05, 4.69) is 9.97 Å². The molecule has 6 nitrogen and oxygen atoms in total. The van der Waals surface area contributed by atoms with E-state index >= 15 is 0 Å². The molecule has 1 aromatic rings. The van der Waals surface area contributed by atoms with Crippen LogP contribution in [0.25, 0.3) is 0 Å². The fourth-order valence-corrected chi connectivity index (χ4v) is 2.68. The van der Waals surface area contributed by atoms with Gasteiger partial charge in [0.25, 0.3) is 0 Å². The Morgan fingerprint density at radius 3 is 2.35 bits per heavy atom. The summed E-state index contributed by atoms with van der Waals surface area (Å²) in [5.41, 5.74) is -0.298. The first-order chi connectivity index (χ1) is 9.24. The number of thiocarbonyl (C=S) groups is 1. The quantitative estimate of drug-likeness (QED) is 0.590. The van der Waals surface area contributed by atoms with E-state index in [0.717, 1.165) is 0 Å². The predicted molar refractivity (Wildman–Crippen MR) is 81.0 cm³/mol. The van der Waals surface area contributed by atoms with Gasteiger partial charge in [0.15, 0.2) is 0 Å². The van der Waals surface area contributed by atoms with Crippen molar-refractivity contribution < 1.29 is 18.3 Å². The van der Waals surface area contributed by atoms with Crippen LogP contribution in [-0.2, 0) is 14.5 Å². The Hall–Kier alpha value is -1.04. The molecule has 0 aliphatic rings. The second-order valence-electron chi connectivity index (χ2n) is 5.06. The first-order valence-electron chi connectivity index (χ1n) is 5.95. The van der Waals surface area contributed by atoms with Crippen LogP contribution in [0, 0.1) is 0 Å². The molecule has 1 aromatic heterocycles. The highest BCUT2D eigenvalue weighted by atomic mass is 32.1. The van der Waals surface area contributed by atoms with Gasteiger partial charge in [-0.3, -0.25) is 0 Å². The van der Waals surface area contributed by atoms with Crippen molar-refractivity contribution in [2.24, 2.45) is 0 Å². The van der Waals surface area contributed by atoms with Gasteiger partial charge in [-0.05, 0) is 5.37 Å². The third-order valence-corrected chi connectivity index (χ3v) is 4.43. The first-order valence-corrected chi connectivity index (χ1v) is 8.15. The summed E-state index contributed by atoms with van der Waals surface area (Å²) in [6.45, 7) is 5.87. The number of hydrogen-bond donors (Lipinski definition) is 0. The molecule has 1 rings (SSSR count). The smallest absolute Gasteiger partial charge is 0.384 e. The van der Waals surface area contributed by atoms with Crippen LogP contribution in [0.15, 0.2) is 6.07 Å². The molecule has 0 amide bonds. The average molecular weight is 318 g/mol. The maximum absolute atomic E-state index is 12.3. The van der Waals surface area contributed by atoms with Crippen molar-refractivity contribution >= 4 is 25.2 Å². The molecule has 0 saturated carbocycles. The molecule has 1 heterocycles. The molecular formula is C12H19N2O4PS. The van der Waals surface area contributed by atoms with Gasteiger partial charge in [0.05, 0.1) is 19.3 Å². The zero-order chi connectivity index (χ0) is 15.4. The van der Waals surface area contributed by atoms with E-state index in [1.165, 1.54) is 25.7 Å². The molecule has 0 fully saturated rings. The summed E-state index contributed by atoms with van der Waals surface area (Å²) in [5.74, 6) is 1.01. The third kappa shape index (κ3) is 4.51. The van der Waals surface area contributed by atoms with Crippen LogP contribution < -0.4 is 9.26 Å². The second-order valence-corrected chi connectivity index (χ2v) is 7.52. The van der Waals surface area contributed by atoms with Gasteiger partial charge in [0, 0.05) is 12.5 Å². The van der Waals surface area contributed by atoms with E-state index in [1.54, 1.807) is 0 Å². The lowest BCUT2D eigenvalue weighted by molar-refractivity contribution is 0.318. The molecule has 0 aromatic carbocycles. The van der Waals surface area contributed by atoms with Gasteiger partial charge >= 0.3 is 7.60 Å². The molecule has 0 saturated heterocycles. The van der Waals surface area contributed by atoms with Crippen LogP contribution >= 0.6 is 19.8 Å². The summed E-state index contributed by atoms with van der Waals surface area (Å²) in [4.78, 5) is 8.51. The molecule has 0 spiro atoms. The lowest BCUT2D eigenvalue weighted by Gasteiger charge is -2.20. The minimum Gasteiger partial charge on any atom is -0.481 e. The van der Waals surface area contributed by atoms with Crippen molar-refractivity contribution in [3.05, 3.63) is 11.9 Å². The highest BCUT2D eigenvalue weighted by Gasteiger charge is 2.26. The SMILES string of the molecule is COc1cc(OP(=O)(CC=S)OC)nc(C(C)(C)C)n1. The maximum atomic E-state index is 12.3. The molecule has 0 radical (unpaired) electrons. The van der Waals surface area contributed by atoms with E-state index in [9.17, 15) is 4.57 Å². The molecule has 0 aliphatic carbocycles. The van der Waals surface area contributed by atoms with Crippen molar-refractivity contribution in [2.75, 3.05) is 20.4 Å². The minimum absolute atomic E-state index is 0.0238. The van der Waals surface area contributed by atoms with Crippen molar-refractivity contribution in [3.63, 3.8) is 0 Å². The normalized spacial score (nSPS) is 14.4. The Bertz CT molecular complexity index is 531. The molecule has 1 unspecified atom stereocenters. The van der Waals surface area contributed by atoms with E-state index < -0.39 is 7.60 Å². The molecule has 20 heavy (non-hydrogen) atoms. The highest BCUT2D eigenvalue weighted by molar-refractivity contribution is 7.80. The van der Waals surface area contributed by atoms with E-state index in [1.807, 2.05) is 20.8 Å². The summed E-state index contributed by atoms with van der Waals surface area (Å²) in [6.07, 6.45) is 0.0238. The van der Waals surface area contributed by atoms with Crippen LogP contribution in [0.2, 0.25) is 0 Å². The molecule has 112 valence electrons. The standard InChI is InChI=1S/C12H19N2O4PS/c1-12(2,3)11-13-9(16-4)8-10(14-11)18-19(15,17-5)6-7-20/h7-8H,6H2,1-5H3. The maximum Gasteiger partial charge on any atom is 0.384 e. The van der Waals surface area contributed by atoms with E-state index in [0.29, 0.717) is 11.7 Å². The van der Waals surface area contributed by atoms with Crippen LogP contribution in [0.4, 0.5) is 0 Å². The summed E-state index contributed by atoms with van der Waals surface area (Å²) in [6, 6.07) is 1.46. The van der Waals surface area contributed by atoms with Crippen LogP contribution in [-0.4, -0.2) is 35.7 Å². The fraction of sp³-hybridized carbons (Fsp3) is 0.583. The zero-order valence-corrected chi connectivity index (χ0v) is 14.0. The Morgan fingerprint density at radius 2 is 1.90 bits per heavy atom. The monoisotopic (exact) mass is 318 g/mol. The van der Waals surface area contributed by atoms with Crippen molar-refractivity contribution in [3.8, 4) is 11.8 Å². The Morgan fingerprint density at radius 1 is 1.30 bits per heavy atom. The lowest BCUT2D eigenvalue weighted by Crippen LogP contribution is -2.17. The molecule has 1 atom stereocenters. The number of methoxy groups -OCH3 is 1.